The van der Waals surface area contributed by atoms with Crippen LogP contribution in [0.4, 0.5) is 4.39 Å². The fourth-order valence-corrected chi connectivity index (χ4v) is 4.54. The molecule has 3 aromatic heterocycles. The maximum Gasteiger partial charge on any atom is 0.291 e. The molecule has 0 unspecified atom stereocenters. The summed E-state index contributed by atoms with van der Waals surface area (Å²) in [6.07, 6.45) is 2.26. The number of rotatable bonds is 3. The number of aromatic nitrogens is 4. The highest BCUT2D eigenvalue weighted by Gasteiger charge is 2.28. The number of carbonyl (C=O) groups excluding carboxylic acids is 1. The van der Waals surface area contributed by atoms with Crippen molar-refractivity contribution in [3.05, 3.63) is 74.7 Å². The number of halogens is 1. The van der Waals surface area contributed by atoms with E-state index in [0.717, 1.165) is 22.4 Å². The fraction of sp³-hybridized carbons (Fsp3) is 0.200. The number of hydrogen-bond donors (Lipinski definition) is 1. The summed E-state index contributed by atoms with van der Waals surface area (Å²) in [6, 6.07) is 8.02. The van der Waals surface area contributed by atoms with E-state index >= 15 is 0 Å². The van der Waals surface area contributed by atoms with Crippen LogP contribution in [0.2, 0.25) is 0 Å². The molecule has 3 heterocycles. The predicted octanol–water partition coefficient (Wildman–Crippen LogP) is 2.96. The molecule has 0 saturated carbocycles. The average molecular weight is 409 g/mol. The minimum absolute atomic E-state index is 0.206. The summed E-state index contributed by atoms with van der Waals surface area (Å²) in [7, 11) is 0. The monoisotopic (exact) mass is 409 g/mol. The van der Waals surface area contributed by atoms with Crippen molar-refractivity contribution >= 4 is 27.5 Å². The number of carbonyl (C=O) groups is 1. The van der Waals surface area contributed by atoms with E-state index < -0.39 is 11.7 Å². The molecule has 9 heteroatoms. The molecule has 146 valence electrons. The minimum Gasteiger partial charge on any atom is -0.267 e. The number of thiophene rings is 1. The van der Waals surface area contributed by atoms with Crippen LogP contribution in [0.3, 0.4) is 0 Å². The van der Waals surface area contributed by atoms with Gasteiger partial charge in [0.1, 0.15) is 22.2 Å². The molecule has 29 heavy (non-hydrogen) atoms. The summed E-state index contributed by atoms with van der Waals surface area (Å²) < 4.78 is 17.0. The highest BCUT2D eigenvalue weighted by atomic mass is 32.1. The van der Waals surface area contributed by atoms with Crippen molar-refractivity contribution in [2.24, 2.45) is 0 Å². The van der Waals surface area contributed by atoms with Crippen LogP contribution in [-0.4, -0.2) is 25.3 Å². The van der Waals surface area contributed by atoms with Crippen LogP contribution in [0.5, 0.6) is 0 Å². The van der Waals surface area contributed by atoms with Gasteiger partial charge in [0.05, 0.1) is 5.39 Å². The Hall–Kier alpha value is -3.33. The van der Waals surface area contributed by atoms with Crippen molar-refractivity contribution in [2.45, 2.75) is 26.2 Å². The van der Waals surface area contributed by atoms with Crippen molar-refractivity contribution < 1.29 is 9.18 Å². The molecule has 0 fully saturated rings. The standard InChI is InChI=1S/C20H16FN5O2S/c1-11-22-19-13(9-10-29-19)20(28)25(11)24-18(27)17-12-5-4-8-15(12)26(23-17)16-7-3-2-6-14(16)21/h2-3,6-7,9-10H,4-5,8H2,1H3,(H,24,27). The van der Waals surface area contributed by atoms with E-state index in [4.69, 9.17) is 0 Å². The molecule has 1 aromatic carbocycles. The Morgan fingerprint density at radius 2 is 2.07 bits per heavy atom. The second-order valence-corrected chi connectivity index (χ2v) is 7.77. The Bertz CT molecular complexity index is 1340. The number of amides is 1. The number of aryl methyl sites for hydroxylation is 1. The van der Waals surface area contributed by atoms with Crippen molar-refractivity contribution in [3.63, 3.8) is 0 Å². The molecule has 4 aromatic rings. The molecule has 0 aliphatic heterocycles. The van der Waals surface area contributed by atoms with Gasteiger partial charge in [-0.15, -0.1) is 11.3 Å². The van der Waals surface area contributed by atoms with Crippen molar-refractivity contribution in [3.8, 4) is 5.69 Å². The van der Waals surface area contributed by atoms with Gasteiger partial charge in [-0.1, -0.05) is 12.1 Å². The molecule has 5 rings (SSSR count). The van der Waals surface area contributed by atoms with Gasteiger partial charge in [-0.25, -0.2) is 18.7 Å². The number of nitrogens with one attached hydrogen (secondary N) is 1. The van der Waals surface area contributed by atoms with Gasteiger partial charge >= 0.3 is 0 Å². The third-order valence-electron chi connectivity index (χ3n) is 5.10. The van der Waals surface area contributed by atoms with E-state index in [2.05, 4.69) is 15.5 Å². The van der Waals surface area contributed by atoms with E-state index in [-0.39, 0.29) is 11.3 Å². The van der Waals surface area contributed by atoms with Crippen LogP contribution in [-0.2, 0) is 12.8 Å². The smallest absolute Gasteiger partial charge is 0.267 e. The van der Waals surface area contributed by atoms with E-state index in [1.54, 1.807) is 36.6 Å². The van der Waals surface area contributed by atoms with E-state index in [0.29, 0.717) is 34.6 Å². The normalized spacial score (nSPS) is 13.0. The summed E-state index contributed by atoms with van der Waals surface area (Å²) in [5, 5.41) is 6.63. The van der Waals surface area contributed by atoms with Gasteiger partial charge in [-0.3, -0.25) is 15.0 Å². The highest BCUT2D eigenvalue weighted by molar-refractivity contribution is 7.16. The van der Waals surface area contributed by atoms with Gasteiger partial charge in [-0.05, 0) is 49.8 Å². The summed E-state index contributed by atoms with van der Waals surface area (Å²) >= 11 is 1.37. The molecular weight excluding hydrogens is 393 g/mol. The summed E-state index contributed by atoms with van der Waals surface area (Å²) in [5.41, 5.74) is 4.42. The lowest BCUT2D eigenvalue weighted by Crippen LogP contribution is -2.35. The average Bonchev–Trinajstić information content (AvgIpc) is 3.42. The maximum absolute atomic E-state index is 14.3. The topological polar surface area (TPSA) is 81.8 Å². The van der Waals surface area contributed by atoms with E-state index in [1.165, 1.54) is 22.1 Å². The molecule has 1 amide bonds. The summed E-state index contributed by atoms with van der Waals surface area (Å²) in [6.45, 7) is 1.66. The molecule has 0 atom stereocenters. The van der Waals surface area contributed by atoms with Gasteiger partial charge in [0.2, 0.25) is 0 Å². The lowest BCUT2D eigenvalue weighted by atomic mass is 10.2. The Labute approximate surface area is 168 Å². The Morgan fingerprint density at radius 1 is 1.24 bits per heavy atom. The maximum atomic E-state index is 14.3. The SMILES string of the molecule is Cc1nc2sccc2c(=O)n1NC(=O)c1nn(-c2ccccc2F)c2c1CCC2. The molecular formula is C20H16FN5O2S. The van der Waals surface area contributed by atoms with Crippen LogP contribution in [0.1, 0.15) is 34.0 Å². The number of nitrogens with zero attached hydrogens (tertiary/aromatic N) is 4. The zero-order chi connectivity index (χ0) is 20.1. The number of hydrogen-bond acceptors (Lipinski definition) is 5. The lowest BCUT2D eigenvalue weighted by molar-refractivity contribution is 0.1000. The van der Waals surface area contributed by atoms with Gasteiger partial charge in [0.25, 0.3) is 11.5 Å². The first-order valence-corrected chi connectivity index (χ1v) is 10.1. The predicted molar refractivity (Wildman–Crippen MR) is 108 cm³/mol. The molecule has 1 N–H and O–H groups in total. The first-order chi connectivity index (χ1) is 14.0. The Balaban J connectivity index is 1.57. The second-order valence-electron chi connectivity index (χ2n) is 6.87. The number of para-hydroxylation sites is 1. The van der Waals surface area contributed by atoms with Crippen LogP contribution in [0, 0.1) is 12.7 Å². The van der Waals surface area contributed by atoms with Gasteiger partial charge in [0, 0.05) is 11.3 Å². The van der Waals surface area contributed by atoms with E-state index in [9.17, 15) is 14.0 Å². The third-order valence-corrected chi connectivity index (χ3v) is 5.91. The third kappa shape index (κ3) is 2.77. The Kier molecular flexibility index (Phi) is 4.06. The number of fused-ring (bicyclic) bond motifs is 2. The van der Waals surface area contributed by atoms with Crippen LogP contribution in [0.25, 0.3) is 15.9 Å². The van der Waals surface area contributed by atoms with Crippen LogP contribution >= 0.6 is 11.3 Å². The van der Waals surface area contributed by atoms with Gasteiger partial charge in [0.15, 0.2) is 5.69 Å². The lowest BCUT2D eigenvalue weighted by Gasteiger charge is -2.10. The van der Waals surface area contributed by atoms with Crippen LogP contribution < -0.4 is 11.0 Å². The first kappa shape index (κ1) is 17.7. The molecule has 0 radical (unpaired) electrons. The number of benzene rings is 1. The largest absolute Gasteiger partial charge is 0.291 e. The molecule has 7 nitrogen and oxygen atoms in total. The summed E-state index contributed by atoms with van der Waals surface area (Å²) in [4.78, 5) is 30.7. The fourth-order valence-electron chi connectivity index (χ4n) is 3.74. The molecule has 0 saturated heterocycles. The van der Waals surface area contributed by atoms with Gasteiger partial charge < -0.3 is 0 Å². The second kappa shape index (κ2) is 6.63. The van der Waals surface area contributed by atoms with Crippen LogP contribution in [0.15, 0.2) is 40.5 Å². The Morgan fingerprint density at radius 3 is 2.90 bits per heavy atom. The quantitative estimate of drug-likeness (QED) is 0.564. The summed E-state index contributed by atoms with van der Waals surface area (Å²) in [5.74, 6) is -0.542. The zero-order valence-electron chi connectivity index (χ0n) is 15.5. The van der Waals surface area contributed by atoms with Crippen molar-refractivity contribution in [2.75, 3.05) is 5.43 Å². The van der Waals surface area contributed by atoms with Crippen molar-refractivity contribution in [1.82, 2.24) is 19.4 Å². The molecule has 1 aliphatic carbocycles. The molecule has 0 spiro atoms. The van der Waals surface area contributed by atoms with E-state index in [1.807, 2.05) is 0 Å². The minimum atomic E-state index is -0.514. The molecule has 1 aliphatic rings. The highest BCUT2D eigenvalue weighted by Crippen LogP contribution is 2.28. The van der Waals surface area contributed by atoms with Crippen molar-refractivity contribution in [1.29, 1.82) is 0 Å². The molecule has 0 bridgehead atoms. The van der Waals surface area contributed by atoms with Gasteiger partial charge in [-0.2, -0.15) is 5.10 Å². The first-order valence-electron chi connectivity index (χ1n) is 9.18. The zero-order valence-corrected chi connectivity index (χ0v) is 16.3.